The summed E-state index contributed by atoms with van der Waals surface area (Å²) in [6.07, 6.45) is 87.0. The van der Waals surface area contributed by atoms with Crippen molar-refractivity contribution in [3.8, 4) is 0 Å². The van der Waals surface area contributed by atoms with Gasteiger partial charge in [0.25, 0.3) is 0 Å². The molecule has 0 aromatic carbocycles. The molecule has 0 saturated heterocycles. The van der Waals surface area contributed by atoms with Crippen LogP contribution in [0.5, 0.6) is 0 Å². The van der Waals surface area contributed by atoms with E-state index in [-0.39, 0.29) is 31.1 Å². The highest BCUT2D eigenvalue weighted by atomic mass is 16.6. The number of allylic oxidation sites excluding steroid dienone is 2. The van der Waals surface area contributed by atoms with Gasteiger partial charge in [-0.2, -0.15) is 0 Å². The van der Waals surface area contributed by atoms with E-state index in [1.165, 1.54) is 340 Å². The van der Waals surface area contributed by atoms with Crippen LogP contribution >= 0.6 is 0 Å². The molecule has 82 heavy (non-hydrogen) atoms. The Bertz CT molecular complexity index is 1280. The van der Waals surface area contributed by atoms with Crippen LogP contribution in [0.25, 0.3) is 0 Å². The Morgan fingerprint density at radius 1 is 0.232 bits per heavy atom. The zero-order chi connectivity index (χ0) is 59.2. The number of esters is 3. The molecule has 0 aliphatic rings. The minimum Gasteiger partial charge on any atom is -0.462 e. The van der Waals surface area contributed by atoms with E-state index in [4.69, 9.17) is 14.2 Å². The van der Waals surface area contributed by atoms with Gasteiger partial charge in [0.15, 0.2) is 6.10 Å². The third kappa shape index (κ3) is 68.9. The average Bonchev–Trinajstić information content (AvgIpc) is 3.48. The van der Waals surface area contributed by atoms with Crippen molar-refractivity contribution in [3.05, 3.63) is 12.2 Å². The highest BCUT2D eigenvalue weighted by Crippen LogP contribution is 2.20. The van der Waals surface area contributed by atoms with E-state index in [9.17, 15) is 14.4 Å². The van der Waals surface area contributed by atoms with Gasteiger partial charge in [-0.25, -0.2) is 0 Å². The third-order valence-electron chi connectivity index (χ3n) is 17.5. The summed E-state index contributed by atoms with van der Waals surface area (Å²) in [7, 11) is 0. The lowest BCUT2D eigenvalue weighted by molar-refractivity contribution is -0.167. The molecule has 0 spiro atoms. The summed E-state index contributed by atoms with van der Waals surface area (Å²) < 4.78 is 17.0. The van der Waals surface area contributed by atoms with Gasteiger partial charge < -0.3 is 14.2 Å². The Balaban J connectivity index is 4.10. The number of rotatable bonds is 71. The first kappa shape index (κ1) is 80.2. The topological polar surface area (TPSA) is 78.9 Å². The van der Waals surface area contributed by atoms with Crippen molar-refractivity contribution < 1.29 is 28.6 Å². The number of unbranched alkanes of at least 4 members (excludes halogenated alkanes) is 58. The molecule has 486 valence electrons. The minimum absolute atomic E-state index is 0.0632. The zero-order valence-corrected chi connectivity index (χ0v) is 56.1. The Kier molecular flexibility index (Phi) is 70.0. The molecule has 0 amide bonds. The normalized spacial score (nSPS) is 12.0. The largest absolute Gasteiger partial charge is 0.462 e. The molecular formula is C76H146O6. The van der Waals surface area contributed by atoms with E-state index in [2.05, 4.69) is 32.9 Å². The molecule has 6 heteroatoms. The van der Waals surface area contributed by atoms with E-state index in [1.54, 1.807) is 0 Å². The molecule has 0 rings (SSSR count). The van der Waals surface area contributed by atoms with Crippen molar-refractivity contribution in [2.45, 2.75) is 444 Å². The van der Waals surface area contributed by atoms with Crippen molar-refractivity contribution in [3.63, 3.8) is 0 Å². The summed E-state index contributed by atoms with van der Waals surface area (Å²) in [4.78, 5) is 38.4. The molecule has 0 saturated carbocycles. The second-order valence-electron chi connectivity index (χ2n) is 25.9. The van der Waals surface area contributed by atoms with E-state index < -0.39 is 6.10 Å². The van der Waals surface area contributed by atoms with Gasteiger partial charge in [0, 0.05) is 19.3 Å². The van der Waals surface area contributed by atoms with E-state index >= 15 is 0 Å². The van der Waals surface area contributed by atoms with Gasteiger partial charge in [-0.15, -0.1) is 0 Å². The molecule has 0 aliphatic carbocycles. The molecule has 1 unspecified atom stereocenters. The molecular weight excluding hydrogens is 1010 g/mol. The summed E-state index contributed by atoms with van der Waals surface area (Å²) in [5, 5.41) is 0. The molecule has 0 fully saturated rings. The highest BCUT2D eigenvalue weighted by Gasteiger charge is 2.20. The fourth-order valence-corrected chi connectivity index (χ4v) is 11.9. The Morgan fingerprint density at radius 3 is 0.610 bits per heavy atom. The second-order valence-corrected chi connectivity index (χ2v) is 25.9. The maximum atomic E-state index is 13.0. The van der Waals surface area contributed by atoms with E-state index in [0.29, 0.717) is 19.3 Å². The summed E-state index contributed by atoms with van der Waals surface area (Å²) in [5.41, 5.74) is 0. The Morgan fingerprint density at radius 2 is 0.402 bits per heavy atom. The molecule has 0 radical (unpaired) electrons. The second kappa shape index (κ2) is 71.6. The van der Waals surface area contributed by atoms with Gasteiger partial charge in [0.1, 0.15) is 13.2 Å². The van der Waals surface area contributed by atoms with Gasteiger partial charge in [-0.05, 0) is 44.9 Å². The van der Waals surface area contributed by atoms with Crippen LogP contribution in [-0.2, 0) is 28.6 Å². The molecule has 1 atom stereocenters. The standard InChI is InChI=1S/C76H146O6/c1-4-7-10-13-16-19-22-24-26-28-30-32-34-35-36-37-38-39-40-42-43-45-47-49-51-54-57-60-63-66-69-75(78)81-72-73(71-80-74(77)68-65-62-59-56-53-21-18-15-12-9-6-3)82-76(79)70-67-64-61-58-55-52-50-48-46-44-41-33-31-29-27-25-23-20-17-14-11-8-5-2/h29,31,73H,4-28,30,32-72H2,1-3H3/b31-29-. The number of hydrogen-bond acceptors (Lipinski definition) is 6. The van der Waals surface area contributed by atoms with Crippen molar-refractivity contribution in [1.29, 1.82) is 0 Å². The lowest BCUT2D eigenvalue weighted by Gasteiger charge is -2.18. The first-order chi connectivity index (χ1) is 40.5. The van der Waals surface area contributed by atoms with Crippen LogP contribution in [0.15, 0.2) is 12.2 Å². The Labute approximate surface area is 513 Å². The van der Waals surface area contributed by atoms with Crippen molar-refractivity contribution in [1.82, 2.24) is 0 Å². The van der Waals surface area contributed by atoms with E-state index in [0.717, 1.165) is 57.8 Å². The van der Waals surface area contributed by atoms with Gasteiger partial charge >= 0.3 is 17.9 Å². The summed E-state index contributed by atoms with van der Waals surface area (Å²) in [6.45, 7) is 6.73. The minimum atomic E-state index is -0.767. The van der Waals surface area contributed by atoms with Crippen LogP contribution in [0.2, 0.25) is 0 Å². The monoisotopic (exact) mass is 1160 g/mol. The first-order valence-corrected chi connectivity index (χ1v) is 37.7. The van der Waals surface area contributed by atoms with Gasteiger partial charge in [-0.3, -0.25) is 14.4 Å². The van der Waals surface area contributed by atoms with Crippen LogP contribution in [-0.4, -0.2) is 37.2 Å². The maximum absolute atomic E-state index is 13.0. The molecule has 0 aliphatic heterocycles. The van der Waals surface area contributed by atoms with Crippen molar-refractivity contribution >= 4 is 17.9 Å². The predicted molar refractivity (Wildman–Crippen MR) is 358 cm³/mol. The molecule has 0 aromatic heterocycles. The van der Waals surface area contributed by atoms with Crippen LogP contribution < -0.4 is 0 Å². The summed E-state index contributed by atoms with van der Waals surface area (Å²) >= 11 is 0. The molecule has 0 bridgehead atoms. The number of carbonyl (C=O) groups is 3. The fourth-order valence-electron chi connectivity index (χ4n) is 11.9. The van der Waals surface area contributed by atoms with E-state index in [1.807, 2.05) is 0 Å². The lowest BCUT2D eigenvalue weighted by Crippen LogP contribution is -2.30. The Hall–Kier alpha value is -1.85. The van der Waals surface area contributed by atoms with Crippen molar-refractivity contribution in [2.75, 3.05) is 13.2 Å². The zero-order valence-electron chi connectivity index (χ0n) is 56.1. The summed E-state index contributed by atoms with van der Waals surface area (Å²) in [5.74, 6) is -0.829. The van der Waals surface area contributed by atoms with Crippen molar-refractivity contribution in [2.24, 2.45) is 0 Å². The fraction of sp³-hybridized carbons (Fsp3) is 0.934. The average molecular weight is 1160 g/mol. The first-order valence-electron chi connectivity index (χ1n) is 37.7. The lowest BCUT2D eigenvalue weighted by atomic mass is 10.0. The van der Waals surface area contributed by atoms with Crippen LogP contribution in [0.1, 0.15) is 438 Å². The highest BCUT2D eigenvalue weighted by molar-refractivity contribution is 5.71. The maximum Gasteiger partial charge on any atom is 0.306 e. The number of hydrogen-bond donors (Lipinski definition) is 0. The number of ether oxygens (including phenoxy) is 3. The van der Waals surface area contributed by atoms with Gasteiger partial charge in [0.05, 0.1) is 0 Å². The van der Waals surface area contributed by atoms with Crippen LogP contribution in [0.3, 0.4) is 0 Å². The summed E-state index contributed by atoms with van der Waals surface area (Å²) in [6, 6.07) is 0. The SMILES string of the molecule is CCCCCCCCCC/C=C\CCCCCCCCCCCCCC(=O)OC(COC(=O)CCCCCCCCCCCCC)COC(=O)CCCCCCCCCCCCCCCCCCCCCCCCCCCCCCCC. The molecule has 0 heterocycles. The third-order valence-corrected chi connectivity index (χ3v) is 17.5. The number of carbonyl (C=O) groups excluding carboxylic acids is 3. The van der Waals surface area contributed by atoms with Crippen LogP contribution in [0, 0.1) is 0 Å². The van der Waals surface area contributed by atoms with Gasteiger partial charge in [-0.1, -0.05) is 386 Å². The molecule has 6 nitrogen and oxygen atoms in total. The quantitative estimate of drug-likeness (QED) is 0.0261. The van der Waals surface area contributed by atoms with Crippen LogP contribution in [0.4, 0.5) is 0 Å². The predicted octanol–water partition coefficient (Wildman–Crippen LogP) is 26.0. The van der Waals surface area contributed by atoms with Gasteiger partial charge in [0.2, 0.25) is 0 Å². The molecule has 0 aromatic rings. The molecule has 0 N–H and O–H groups in total. The smallest absolute Gasteiger partial charge is 0.306 e.